The summed E-state index contributed by atoms with van der Waals surface area (Å²) in [7, 11) is 1.83. The molecule has 0 spiro atoms. The van der Waals surface area contributed by atoms with Gasteiger partial charge >= 0.3 is 0 Å². The zero-order valence-corrected chi connectivity index (χ0v) is 13.1. The third kappa shape index (κ3) is 3.19. The molecule has 0 aliphatic heterocycles. The molecule has 0 saturated heterocycles. The van der Waals surface area contributed by atoms with Gasteiger partial charge in [0.05, 0.1) is 5.02 Å². The Labute approximate surface area is 125 Å². The van der Waals surface area contributed by atoms with Crippen molar-refractivity contribution in [3.63, 3.8) is 0 Å². The zero-order chi connectivity index (χ0) is 13.3. The molecule has 1 aromatic carbocycles. The fourth-order valence-electron chi connectivity index (χ4n) is 2.12. The van der Waals surface area contributed by atoms with Crippen molar-refractivity contribution in [2.45, 2.75) is 18.2 Å². The zero-order valence-electron chi connectivity index (χ0n) is 10.00. The van der Waals surface area contributed by atoms with Crippen LogP contribution in [0.15, 0.2) is 22.7 Å². The summed E-state index contributed by atoms with van der Waals surface area (Å²) in [6, 6.07) is 5.23. The van der Waals surface area contributed by atoms with E-state index < -0.39 is 0 Å². The summed E-state index contributed by atoms with van der Waals surface area (Å²) < 4.78 is 0.743. The Morgan fingerprint density at radius 3 is 2.72 bits per heavy atom. The number of carbonyl (C=O) groups is 1. The molecule has 0 radical (unpaired) electrons. The molecule has 1 aliphatic rings. The van der Waals surface area contributed by atoms with Gasteiger partial charge in [0, 0.05) is 29.0 Å². The van der Waals surface area contributed by atoms with E-state index in [-0.39, 0.29) is 5.91 Å². The van der Waals surface area contributed by atoms with Gasteiger partial charge in [-0.2, -0.15) is 0 Å². The van der Waals surface area contributed by atoms with Gasteiger partial charge in [-0.1, -0.05) is 11.6 Å². The lowest BCUT2D eigenvalue weighted by Crippen LogP contribution is -2.37. The second kappa shape index (κ2) is 5.81. The number of rotatable bonds is 3. The standard InChI is InChI=1S/C13H14BrCl2NO/c1-17(7-8-4-10(15)5-8)13(18)9-2-3-12(16)11(14)6-9/h2-3,6,8,10H,4-5,7H2,1H3. The van der Waals surface area contributed by atoms with Gasteiger partial charge in [0.15, 0.2) is 0 Å². The molecule has 1 fully saturated rings. The fourth-order valence-corrected chi connectivity index (χ4v) is 3.12. The van der Waals surface area contributed by atoms with E-state index in [1.165, 1.54) is 0 Å². The lowest BCUT2D eigenvalue weighted by Gasteiger charge is -2.34. The lowest BCUT2D eigenvalue weighted by atomic mass is 9.84. The maximum absolute atomic E-state index is 12.2. The van der Waals surface area contributed by atoms with Crippen LogP contribution >= 0.6 is 39.1 Å². The van der Waals surface area contributed by atoms with E-state index in [2.05, 4.69) is 15.9 Å². The Morgan fingerprint density at radius 1 is 1.50 bits per heavy atom. The number of carbonyl (C=O) groups excluding carboxylic acids is 1. The Morgan fingerprint density at radius 2 is 2.17 bits per heavy atom. The second-order valence-corrected chi connectivity index (χ2v) is 6.63. The van der Waals surface area contributed by atoms with E-state index >= 15 is 0 Å². The first-order chi connectivity index (χ1) is 8.47. The SMILES string of the molecule is CN(CC1CC(Cl)C1)C(=O)c1ccc(Cl)c(Br)c1. The maximum atomic E-state index is 12.2. The molecule has 0 aromatic heterocycles. The molecule has 1 aliphatic carbocycles. The van der Waals surface area contributed by atoms with Crippen molar-refractivity contribution < 1.29 is 4.79 Å². The first-order valence-corrected chi connectivity index (χ1v) is 7.42. The number of halogens is 3. The van der Waals surface area contributed by atoms with Crippen molar-refractivity contribution >= 4 is 45.0 Å². The Kier molecular flexibility index (Phi) is 4.57. The van der Waals surface area contributed by atoms with Crippen LogP contribution in [0.2, 0.25) is 5.02 Å². The van der Waals surface area contributed by atoms with E-state index in [9.17, 15) is 4.79 Å². The van der Waals surface area contributed by atoms with Gasteiger partial charge in [-0.15, -0.1) is 11.6 Å². The van der Waals surface area contributed by atoms with Gasteiger partial charge in [-0.3, -0.25) is 4.79 Å². The summed E-state index contributed by atoms with van der Waals surface area (Å²) in [5.74, 6) is 0.558. The number of benzene rings is 1. The van der Waals surface area contributed by atoms with Crippen LogP contribution in [-0.4, -0.2) is 29.8 Å². The van der Waals surface area contributed by atoms with Crippen LogP contribution in [0.4, 0.5) is 0 Å². The molecule has 0 unspecified atom stereocenters. The van der Waals surface area contributed by atoms with Crippen LogP contribution < -0.4 is 0 Å². The van der Waals surface area contributed by atoms with E-state index in [0.29, 0.717) is 21.9 Å². The van der Waals surface area contributed by atoms with Gasteiger partial charge in [-0.25, -0.2) is 0 Å². The molecular weight excluding hydrogens is 337 g/mol. The molecule has 0 bridgehead atoms. The molecular formula is C13H14BrCl2NO. The first kappa shape index (κ1) is 14.2. The van der Waals surface area contributed by atoms with Gasteiger partial charge in [0.2, 0.25) is 0 Å². The molecule has 98 valence electrons. The van der Waals surface area contributed by atoms with Gasteiger partial charge in [0.25, 0.3) is 5.91 Å². The second-order valence-electron chi connectivity index (χ2n) is 4.75. The monoisotopic (exact) mass is 349 g/mol. The van der Waals surface area contributed by atoms with E-state index in [4.69, 9.17) is 23.2 Å². The highest BCUT2D eigenvalue weighted by atomic mass is 79.9. The summed E-state index contributed by atoms with van der Waals surface area (Å²) in [4.78, 5) is 13.9. The predicted octanol–water partition coefficient (Wildman–Crippen LogP) is 4.19. The maximum Gasteiger partial charge on any atom is 0.253 e. The molecule has 18 heavy (non-hydrogen) atoms. The van der Waals surface area contributed by atoms with Gasteiger partial charge < -0.3 is 4.90 Å². The highest BCUT2D eigenvalue weighted by Gasteiger charge is 2.29. The van der Waals surface area contributed by atoms with Crippen molar-refractivity contribution in [3.8, 4) is 0 Å². The number of amides is 1. The van der Waals surface area contributed by atoms with Gasteiger partial charge in [-0.05, 0) is 52.9 Å². The molecule has 2 nitrogen and oxygen atoms in total. The average Bonchev–Trinajstić information content (AvgIpc) is 2.29. The quantitative estimate of drug-likeness (QED) is 0.748. The number of alkyl halides is 1. The molecule has 1 saturated carbocycles. The van der Waals surface area contributed by atoms with Crippen LogP contribution in [0.3, 0.4) is 0 Å². The largest absolute Gasteiger partial charge is 0.341 e. The normalized spacial score (nSPS) is 22.4. The smallest absolute Gasteiger partial charge is 0.253 e. The number of hydrogen-bond donors (Lipinski definition) is 0. The van der Waals surface area contributed by atoms with Crippen LogP contribution in [0.1, 0.15) is 23.2 Å². The Bertz CT molecular complexity index is 460. The minimum absolute atomic E-state index is 0.0189. The van der Waals surface area contributed by atoms with Crippen molar-refractivity contribution in [2.75, 3.05) is 13.6 Å². The fraction of sp³-hybridized carbons (Fsp3) is 0.462. The molecule has 0 atom stereocenters. The summed E-state index contributed by atoms with van der Waals surface area (Å²) >= 11 is 15.2. The summed E-state index contributed by atoms with van der Waals surface area (Å²) in [6.07, 6.45) is 2.01. The van der Waals surface area contributed by atoms with Crippen molar-refractivity contribution in [1.82, 2.24) is 4.90 Å². The van der Waals surface area contributed by atoms with E-state index in [1.807, 2.05) is 7.05 Å². The molecule has 1 amide bonds. The highest BCUT2D eigenvalue weighted by molar-refractivity contribution is 9.10. The lowest BCUT2D eigenvalue weighted by molar-refractivity contribution is 0.0747. The van der Waals surface area contributed by atoms with E-state index in [0.717, 1.165) is 23.9 Å². The minimum Gasteiger partial charge on any atom is -0.341 e. The first-order valence-electron chi connectivity index (χ1n) is 5.82. The topological polar surface area (TPSA) is 20.3 Å². The van der Waals surface area contributed by atoms with E-state index in [1.54, 1.807) is 23.1 Å². The van der Waals surface area contributed by atoms with Crippen LogP contribution in [-0.2, 0) is 0 Å². The summed E-state index contributed by atoms with van der Waals surface area (Å²) in [5.41, 5.74) is 0.649. The van der Waals surface area contributed by atoms with Crippen molar-refractivity contribution in [1.29, 1.82) is 0 Å². The summed E-state index contributed by atoms with van der Waals surface area (Å²) in [6.45, 7) is 0.766. The number of nitrogens with zero attached hydrogens (tertiary/aromatic N) is 1. The third-order valence-corrected chi connectivity index (χ3v) is 4.79. The predicted molar refractivity (Wildman–Crippen MR) is 78.5 cm³/mol. The highest BCUT2D eigenvalue weighted by Crippen LogP contribution is 2.32. The Hall–Kier alpha value is -0.250. The molecule has 0 N–H and O–H groups in total. The van der Waals surface area contributed by atoms with Crippen LogP contribution in [0.5, 0.6) is 0 Å². The minimum atomic E-state index is 0.0189. The molecule has 1 aromatic rings. The molecule has 2 rings (SSSR count). The molecule has 5 heteroatoms. The van der Waals surface area contributed by atoms with Crippen molar-refractivity contribution in [2.24, 2.45) is 5.92 Å². The summed E-state index contributed by atoms with van der Waals surface area (Å²) in [5, 5.41) is 0.904. The number of hydrogen-bond acceptors (Lipinski definition) is 1. The van der Waals surface area contributed by atoms with Crippen LogP contribution in [0, 0.1) is 5.92 Å². The molecule has 0 heterocycles. The van der Waals surface area contributed by atoms with Crippen molar-refractivity contribution in [3.05, 3.63) is 33.3 Å². The average molecular weight is 351 g/mol. The van der Waals surface area contributed by atoms with Crippen LogP contribution in [0.25, 0.3) is 0 Å². The van der Waals surface area contributed by atoms with Gasteiger partial charge in [0.1, 0.15) is 0 Å². The Balaban J connectivity index is 1.99. The third-order valence-electron chi connectivity index (χ3n) is 3.22.